The second-order valence-electron chi connectivity index (χ2n) is 10.1. The number of esters is 1. The lowest BCUT2D eigenvalue weighted by molar-refractivity contribution is -0.126. The molecule has 3 heterocycles. The topological polar surface area (TPSA) is 78.6 Å². The summed E-state index contributed by atoms with van der Waals surface area (Å²) in [5.41, 5.74) is 5.70. The van der Waals surface area contributed by atoms with Gasteiger partial charge in [0.25, 0.3) is 5.91 Å². The second kappa shape index (κ2) is 11.5. The summed E-state index contributed by atoms with van der Waals surface area (Å²) < 4.78 is 7.55. The molecule has 1 aliphatic carbocycles. The number of piperazine rings is 1. The minimum absolute atomic E-state index is 0.125. The first-order chi connectivity index (χ1) is 18.9. The number of nitrogens with zero attached hydrogens (tertiary/aromatic N) is 4. The van der Waals surface area contributed by atoms with E-state index in [1.165, 1.54) is 4.88 Å². The van der Waals surface area contributed by atoms with E-state index in [0.717, 1.165) is 72.0 Å². The lowest BCUT2D eigenvalue weighted by atomic mass is 9.95. The molecule has 0 unspecified atom stereocenters. The number of carbonyl (C=O) groups excluding carboxylic acids is 2. The van der Waals surface area contributed by atoms with E-state index < -0.39 is 0 Å². The van der Waals surface area contributed by atoms with Crippen LogP contribution in [-0.2, 0) is 22.4 Å². The van der Waals surface area contributed by atoms with Crippen LogP contribution in [0.2, 0.25) is 0 Å². The van der Waals surface area contributed by atoms with Gasteiger partial charge in [0, 0.05) is 48.1 Å². The van der Waals surface area contributed by atoms with Crippen LogP contribution in [0.5, 0.6) is 0 Å². The van der Waals surface area contributed by atoms with Crippen molar-refractivity contribution in [1.82, 2.24) is 9.47 Å². The van der Waals surface area contributed by atoms with Crippen molar-refractivity contribution in [2.75, 3.05) is 37.7 Å². The molecular weight excluding hydrogens is 508 g/mol. The summed E-state index contributed by atoms with van der Waals surface area (Å²) in [7, 11) is 0. The van der Waals surface area contributed by atoms with E-state index in [2.05, 4.69) is 27.7 Å². The van der Waals surface area contributed by atoms with Crippen LogP contribution < -0.4 is 4.90 Å². The van der Waals surface area contributed by atoms with Gasteiger partial charge in [0.15, 0.2) is 0 Å². The van der Waals surface area contributed by atoms with Gasteiger partial charge in [0.2, 0.25) is 0 Å². The maximum Gasteiger partial charge on any atom is 0.341 e. The van der Waals surface area contributed by atoms with E-state index in [1.54, 1.807) is 22.3 Å². The van der Waals surface area contributed by atoms with Gasteiger partial charge in [-0.15, -0.1) is 11.3 Å². The third-order valence-electron chi connectivity index (χ3n) is 7.64. The Labute approximate surface area is 233 Å². The average Bonchev–Trinajstić information content (AvgIpc) is 3.47. The summed E-state index contributed by atoms with van der Waals surface area (Å²) in [6.07, 6.45) is 5.75. The Balaban J connectivity index is 1.42. The molecule has 0 spiro atoms. The Bertz CT molecular complexity index is 1450. The van der Waals surface area contributed by atoms with Crippen molar-refractivity contribution in [2.45, 2.75) is 46.5 Å². The van der Waals surface area contributed by atoms with E-state index in [1.807, 2.05) is 45.0 Å². The van der Waals surface area contributed by atoms with E-state index in [-0.39, 0.29) is 17.4 Å². The molecule has 2 aliphatic rings. The molecule has 5 rings (SSSR count). The number of amides is 1. The third kappa shape index (κ3) is 5.24. The zero-order valence-electron chi connectivity index (χ0n) is 22.8. The van der Waals surface area contributed by atoms with Gasteiger partial charge in [-0.3, -0.25) is 4.79 Å². The molecule has 0 saturated carbocycles. The molecule has 7 nitrogen and oxygen atoms in total. The molecular formula is C31H34N4O3S. The van der Waals surface area contributed by atoms with Crippen molar-refractivity contribution in [3.63, 3.8) is 0 Å². The Hall–Kier alpha value is -3.83. The summed E-state index contributed by atoms with van der Waals surface area (Å²) in [4.78, 5) is 31.7. The summed E-state index contributed by atoms with van der Waals surface area (Å²) in [6.45, 7) is 8.70. The van der Waals surface area contributed by atoms with Crippen molar-refractivity contribution >= 4 is 35.0 Å². The smallest absolute Gasteiger partial charge is 0.341 e. The summed E-state index contributed by atoms with van der Waals surface area (Å²) >= 11 is 1.66. The number of para-hydroxylation sites is 1. The van der Waals surface area contributed by atoms with Gasteiger partial charge in [-0.1, -0.05) is 18.2 Å². The first kappa shape index (κ1) is 26.8. The Morgan fingerprint density at radius 3 is 2.49 bits per heavy atom. The van der Waals surface area contributed by atoms with Crippen LogP contribution in [0.1, 0.15) is 57.5 Å². The normalized spacial score (nSPS) is 15.6. The van der Waals surface area contributed by atoms with Crippen LogP contribution in [0.15, 0.2) is 42.0 Å². The highest BCUT2D eigenvalue weighted by molar-refractivity contribution is 7.15. The van der Waals surface area contributed by atoms with Crippen molar-refractivity contribution in [3.05, 3.63) is 74.9 Å². The fraction of sp³-hybridized carbons (Fsp3) is 0.387. The van der Waals surface area contributed by atoms with E-state index in [4.69, 9.17) is 4.74 Å². The van der Waals surface area contributed by atoms with Gasteiger partial charge in [0.05, 0.1) is 12.2 Å². The number of aromatic nitrogens is 1. The minimum Gasteiger partial charge on any atom is -0.462 e. The molecule has 2 aromatic heterocycles. The maximum atomic E-state index is 13.3. The highest BCUT2D eigenvalue weighted by Gasteiger charge is 2.29. The van der Waals surface area contributed by atoms with Crippen molar-refractivity contribution in [3.8, 4) is 11.1 Å². The third-order valence-corrected chi connectivity index (χ3v) is 8.92. The number of fused-ring (bicyclic) bond motifs is 1. The predicted molar refractivity (Wildman–Crippen MR) is 155 cm³/mol. The van der Waals surface area contributed by atoms with Crippen molar-refractivity contribution in [1.29, 1.82) is 5.26 Å². The molecule has 1 aromatic carbocycles. The van der Waals surface area contributed by atoms with Crippen molar-refractivity contribution < 1.29 is 14.3 Å². The predicted octanol–water partition coefficient (Wildman–Crippen LogP) is 5.47. The highest BCUT2D eigenvalue weighted by atomic mass is 32.1. The summed E-state index contributed by atoms with van der Waals surface area (Å²) in [6, 6.07) is 14.3. The van der Waals surface area contributed by atoms with Gasteiger partial charge < -0.3 is 19.1 Å². The molecule has 202 valence electrons. The number of benzene rings is 1. The zero-order valence-corrected chi connectivity index (χ0v) is 23.6. The quantitative estimate of drug-likeness (QED) is 0.235. The first-order valence-electron chi connectivity index (χ1n) is 13.6. The monoisotopic (exact) mass is 542 g/mol. The minimum atomic E-state index is -0.279. The average molecular weight is 543 g/mol. The number of hydrogen-bond donors (Lipinski definition) is 0. The number of aryl methyl sites for hydroxylation is 2. The van der Waals surface area contributed by atoms with Crippen LogP contribution in [-0.4, -0.2) is 54.1 Å². The van der Waals surface area contributed by atoms with E-state index in [9.17, 15) is 14.9 Å². The van der Waals surface area contributed by atoms with Crippen LogP contribution in [0.3, 0.4) is 0 Å². The molecule has 1 saturated heterocycles. The van der Waals surface area contributed by atoms with E-state index in [0.29, 0.717) is 25.3 Å². The molecule has 1 aliphatic heterocycles. The van der Waals surface area contributed by atoms with Gasteiger partial charge in [-0.2, -0.15) is 5.26 Å². The number of carbonyl (C=O) groups is 2. The highest BCUT2D eigenvalue weighted by Crippen LogP contribution is 2.39. The maximum absolute atomic E-state index is 13.3. The fourth-order valence-corrected chi connectivity index (χ4v) is 7.13. The Kier molecular flexibility index (Phi) is 7.89. The molecule has 1 amide bonds. The summed E-state index contributed by atoms with van der Waals surface area (Å²) in [5, 5.41) is 10.8. The molecule has 1 fully saturated rings. The molecule has 39 heavy (non-hydrogen) atoms. The second-order valence-corrected chi connectivity index (χ2v) is 11.1. The molecule has 0 N–H and O–H groups in total. The molecule has 0 atom stereocenters. The fourth-order valence-electron chi connectivity index (χ4n) is 5.64. The lowest BCUT2D eigenvalue weighted by Gasteiger charge is -2.36. The Morgan fingerprint density at radius 1 is 1.08 bits per heavy atom. The van der Waals surface area contributed by atoms with Gasteiger partial charge >= 0.3 is 5.97 Å². The molecule has 0 bridgehead atoms. The van der Waals surface area contributed by atoms with Gasteiger partial charge in [-0.25, -0.2) is 4.79 Å². The van der Waals surface area contributed by atoms with Crippen LogP contribution in [0.25, 0.3) is 11.1 Å². The molecule has 3 aromatic rings. The van der Waals surface area contributed by atoms with E-state index >= 15 is 0 Å². The Morgan fingerprint density at radius 2 is 1.79 bits per heavy atom. The van der Waals surface area contributed by atoms with Crippen molar-refractivity contribution in [2.24, 2.45) is 0 Å². The zero-order chi connectivity index (χ0) is 27.5. The van der Waals surface area contributed by atoms with Crippen LogP contribution in [0.4, 0.5) is 5.69 Å². The largest absolute Gasteiger partial charge is 0.462 e. The number of nitriles is 1. The lowest BCUT2D eigenvalue weighted by Crippen LogP contribution is -2.49. The number of anilines is 1. The SMILES string of the molecule is CCOC(=O)c1c(-n2c(C)cc(/C=C(/C#N)C(=O)N3CCN(c4ccccc4)CC3)c2C)sc2c1CCCC2. The van der Waals surface area contributed by atoms with Gasteiger partial charge in [0.1, 0.15) is 16.6 Å². The first-order valence-corrected chi connectivity index (χ1v) is 14.5. The molecule has 8 heteroatoms. The number of ether oxygens (including phenoxy) is 1. The number of rotatable bonds is 6. The standard InChI is InChI=1S/C31H34N4O3S/c1-4-38-31(37)28-26-12-8-9-13-27(26)39-30(28)35-21(2)18-23(22(35)3)19-24(20-32)29(36)34-16-14-33(15-17-34)25-10-6-5-7-11-25/h5-7,10-11,18-19H,4,8-9,12-17H2,1-3H3/b24-19-. The number of thiophene rings is 1. The van der Waals surface area contributed by atoms with Crippen LogP contribution in [0, 0.1) is 25.2 Å². The molecule has 0 radical (unpaired) electrons. The number of hydrogen-bond acceptors (Lipinski definition) is 6. The summed E-state index contributed by atoms with van der Waals surface area (Å²) in [5.74, 6) is -0.521. The van der Waals surface area contributed by atoms with Crippen LogP contribution >= 0.6 is 11.3 Å². The van der Waals surface area contributed by atoms with Gasteiger partial charge in [-0.05, 0) is 81.9 Å².